The topological polar surface area (TPSA) is 66.3 Å². The average Bonchev–Trinajstić information content (AvgIpc) is 3.19. The smallest absolute Gasteiger partial charge is 0.231 e. The average molecular weight is 461 g/mol. The number of aliphatic imine (C=N–C) groups is 1. The second-order valence-corrected chi connectivity index (χ2v) is 6.50. The molecule has 3 rings (SSSR count). The third kappa shape index (κ3) is 5.13. The zero-order valence-electron chi connectivity index (χ0n) is 14.9. The molecule has 140 valence electrons. The lowest BCUT2D eigenvalue weighted by atomic mass is 10.1. The number of aliphatic hydroxyl groups is 1. The Morgan fingerprint density at radius 1 is 1.32 bits per heavy atom. The van der Waals surface area contributed by atoms with Crippen LogP contribution in [-0.4, -0.2) is 49.0 Å². The Balaban J connectivity index is 0.00000225. The number of rotatable bonds is 5. The summed E-state index contributed by atoms with van der Waals surface area (Å²) in [6.07, 6.45) is 2.88. The maximum atomic E-state index is 9.97. The Morgan fingerprint density at radius 2 is 2.12 bits per heavy atom. The fraction of sp³-hybridized carbons (Fsp3) is 0.611. The van der Waals surface area contributed by atoms with E-state index in [2.05, 4.69) is 17.1 Å². The second-order valence-electron chi connectivity index (χ2n) is 6.50. The number of halogens is 1. The molecule has 1 fully saturated rings. The molecule has 2 atom stereocenters. The van der Waals surface area contributed by atoms with Gasteiger partial charge in [0, 0.05) is 32.6 Å². The standard InChI is InChI=1S/C18H27N3O3.HI/c1-3-19-18(20-10-14-5-4-6-15(14)22)21(2)11-13-7-8-16-17(9-13)24-12-23-16;/h7-9,14-15,22H,3-6,10-12H2,1-2H3,(H,19,20);1H. The molecule has 25 heavy (non-hydrogen) atoms. The molecule has 1 heterocycles. The molecule has 0 radical (unpaired) electrons. The molecule has 0 bridgehead atoms. The third-order valence-corrected chi connectivity index (χ3v) is 4.65. The van der Waals surface area contributed by atoms with Gasteiger partial charge in [-0.2, -0.15) is 0 Å². The van der Waals surface area contributed by atoms with E-state index in [0.717, 1.165) is 55.4 Å². The highest BCUT2D eigenvalue weighted by atomic mass is 127. The van der Waals surface area contributed by atoms with Crippen LogP contribution >= 0.6 is 24.0 Å². The molecule has 1 aromatic rings. The van der Waals surface area contributed by atoms with Crippen LogP contribution in [0.4, 0.5) is 0 Å². The maximum absolute atomic E-state index is 9.97. The van der Waals surface area contributed by atoms with Crippen LogP contribution in [0, 0.1) is 5.92 Å². The summed E-state index contributed by atoms with van der Waals surface area (Å²) in [7, 11) is 2.02. The van der Waals surface area contributed by atoms with Crippen molar-refractivity contribution in [1.29, 1.82) is 0 Å². The van der Waals surface area contributed by atoms with Crippen LogP contribution in [0.5, 0.6) is 11.5 Å². The largest absolute Gasteiger partial charge is 0.454 e. The fourth-order valence-corrected chi connectivity index (χ4v) is 3.29. The van der Waals surface area contributed by atoms with E-state index in [4.69, 9.17) is 14.5 Å². The van der Waals surface area contributed by atoms with Gasteiger partial charge in [0.15, 0.2) is 17.5 Å². The van der Waals surface area contributed by atoms with Gasteiger partial charge in [0.25, 0.3) is 0 Å². The number of hydrogen-bond acceptors (Lipinski definition) is 4. The minimum absolute atomic E-state index is 0. The lowest BCUT2D eigenvalue weighted by Crippen LogP contribution is -2.39. The minimum Gasteiger partial charge on any atom is -0.454 e. The molecule has 2 aliphatic rings. The van der Waals surface area contributed by atoms with E-state index in [-0.39, 0.29) is 36.0 Å². The molecule has 0 saturated heterocycles. The normalized spacial score (nSPS) is 21.8. The van der Waals surface area contributed by atoms with Crippen molar-refractivity contribution in [2.45, 2.75) is 38.8 Å². The van der Waals surface area contributed by atoms with Crippen molar-refractivity contribution in [3.63, 3.8) is 0 Å². The zero-order chi connectivity index (χ0) is 16.9. The Labute approximate surface area is 166 Å². The van der Waals surface area contributed by atoms with Gasteiger partial charge in [-0.15, -0.1) is 24.0 Å². The molecule has 2 N–H and O–H groups in total. The number of hydrogen-bond donors (Lipinski definition) is 2. The van der Waals surface area contributed by atoms with Gasteiger partial charge in [-0.05, 0) is 37.5 Å². The van der Waals surface area contributed by atoms with Gasteiger partial charge in [-0.25, -0.2) is 0 Å². The van der Waals surface area contributed by atoms with Crippen LogP contribution in [0.15, 0.2) is 23.2 Å². The van der Waals surface area contributed by atoms with Crippen LogP contribution in [-0.2, 0) is 6.54 Å². The van der Waals surface area contributed by atoms with Crippen LogP contribution in [0.25, 0.3) is 0 Å². The van der Waals surface area contributed by atoms with Crippen molar-refractivity contribution in [3.8, 4) is 11.5 Å². The van der Waals surface area contributed by atoms with E-state index in [0.29, 0.717) is 13.3 Å². The summed E-state index contributed by atoms with van der Waals surface area (Å²) >= 11 is 0. The van der Waals surface area contributed by atoms with E-state index in [1.165, 1.54) is 0 Å². The number of nitrogens with zero attached hydrogens (tertiary/aromatic N) is 2. The van der Waals surface area contributed by atoms with Crippen LogP contribution in [0.1, 0.15) is 31.7 Å². The first-order valence-corrected chi connectivity index (χ1v) is 8.73. The molecule has 1 aliphatic carbocycles. The van der Waals surface area contributed by atoms with Crippen LogP contribution < -0.4 is 14.8 Å². The molecule has 1 aliphatic heterocycles. The number of guanidine groups is 1. The molecule has 0 amide bonds. The summed E-state index contributed by atoms with van der Waals surface area (Å²) in [6.45, 7) is 4.58. The van der Waals surface area contributed by atoms with Crippen molar-refractivity contribution in [3.05, 3.63) is 23.8 Å². The van der Waals surface area contributed by atoms with Crippen molar-refractivity contribution >= 4 is 29.9 Å². The first-order valence-electron chi connectivity index (χ1n) is 8.73. The second kappa shape index (κ2) is 9.47. The molecule has 1 saturated carbocycles. The Bertz CT molecular complexity index is 597. The number of fused-ring (bicyclic) bond motifs is 1. The minimum atomic E-state index is -0.198. The summed E-state index contributed by atoms with van der Waals surface area (Å²) in [5, 5.41) is 13.3. The molecule has 0 aromatic heterocycles. The van der Waals surface area contributed by atoms with Crippen molar-refractivity contribution in [2.75, 3.05) is 26.9 Å². The van der Waals surface area contributed by atoms with E-state index in [1.54, 1.807) is 0 Å². The van der Waals surface area contributed by atoms with Crippen molar-refractivity contribution < 1.29 is 14.6 Å². The number of ether oxygens (including phenoxy) is 2. The van der Waals surface area contributed by atoms with Crippen molar-refractivity contribution in [1.82, 2.24) is 10.2 Å². The van der Waals surface area contributed by atoms with E-state index >= 15 is 0 Å². The highest BCUT2D eigenvalue weighted by Gasteiger charge is 2.25. The molecule has 6 nitrogen and oxygen atoms in total. The summed E-state index contributed by atoms with van der Waals surface area (Å²) in [6, 6.07) is 6.02. The maximum Gasteiger partial charge on any atom is 0.231 e. The fourth-order valence-electron chi connectivity index (χ4n) is 3.29. The van der Waals surface area contributed by atoms with Gasteiger partial charge in [-0.1, -0.05) is 12.5 Å². The molecular weight excluding hydrogens is 433 g/mol. The Hall–Kier alpha value is -1.22. The number of nitrogens with one attached hydrogen (secondary N) is 1. The summed E-state index contributed by atoms with van der Waals surface area (Å²) in [5.74, 6) is 2.76. The number of benzene rings is 1. The first kappa shape index (κ1) is 20.1. The SMILES string of the molecule is CCNC(=NCC1CCCC1O)N(C)Cc1ccc2c(c1)OCO2.I. The highest BCUT2D eigenvalue weighted by Crippen LogP contribution is 2.32. The van der Waals surface area contributed by atoms with E-state index in [9.17, 15) is 5.11 Å². The molecule has 0 spiro atoms. The molecule has 7 heteroatoms. The van der Waals surface area contributed by atoms with Gasteiger partial charge in [-0.3, -0.25) is 4.99 Å². The summed E-state index contributed by atoms with van der Waals surface area (Å²) in [4.78, 5) is 6.83. The van der Waals surface area contributed by atoms with E-state index in [1.807, 2.05) is 25.2 Å². The zero-order valence-corrected chi connectivity index (χ0v) is 17.2. The van der Waals surface area contributed by atoms with Gasteiger partial charge < -0.3 is 24.8 Å². The Kier molecular flexibility index (Phi) is 7.61. The van der Waals surface area contributed by atoms with Gasteiger partial charge >= 0.3 is 0 Å². The number of aliphatic hydroxyl groups excluding tert-OH is 1. The predicted octanol–water partition coefficient (Wildman–Crippen LogP) is 2.59. The molecular formula is C18H28IN3O3. The van der Waals surface area contributed by atoms with Crippen LogP contribution in [0.2, 0.25) is 0 Å². The molecule has 2 unspecified atom stereocenters. The monoisotopic (exact) mass is 461 g/mol. The quantitative estimate of drug-likeness (QED) is 0.401. The third-order valence-electron chi connectivity index (χ3n) is 4.65. The van der Waals surface area contributed by atoms with Gasteiger partial charge in [0.1, 0.15) is 0 Å². The summed E-state index contributed by atoms with van der Waals surface area (Å²) in [5.41, 5.74) is 1.15. The van der Waals surface area contributed by atoms with E-state index < -0.39 is 0 Å². The predicted molar refractivity (Wildman–Crippen MR) is 109 cm³/mol. The van der Waals surface area contributed by atoms with Crippen molar-refractivity contribution in [2.24, 2.45) is 10.9 Å². The van der Waals surface area contributed by atoms with Crippen LogP contribution in [0.3, 0.4) is 0 Å². The Morgan fingerprint density at radius 3 is 2.84 bits per heavy atom. The van der Waals surface area contributed by atoms with Gasteiger partial charge in [0.05, 0.1) is 6.10 Å². The summed E-state index contributed by atoms with van der Waals surface area (Å²) < 4.78 is 10.8. The lowest BCUT2D eigenvalue weighted by Gasteiger charge is -2.23. The molecule has 1 aromatic carbocycles. The first-order chi connectivity index (χ1) is 11.7. The van der Waals surface area contributed by atoms with Gasteiger partial charge in [0.2, 0.25) is 6.79 Å². The highest BCUT2D eigenvalue weighted by molar-refractivity contribution is 14.0. The lowest BCUT2D eigenvalue weighted by molar-refractivity contribution is 0.136.